The summed E-state index contributed by atoms with van der Waals surface area (Å²) in [5, 5.41) is 9.16. The number of carboxylic acids is 1. The second kappa shape index (κ2) is 10.1. The summed E-state index contributed by atoms with van der Waals surface area (Å²) in [5.41, 5.74) is 1.41. The molecular weight excluding hydrogens is 304 g/mol. The van der Waals surface area contributed by atoms with Crippen molar-refractivity contribution in [3.63, 3.8) is 0 Å². The van der Waals surface area contributed by atoms with Gasteiger partial charge in [0.15, 0.2) is 0 Å². The van der Waals surface area contributed by atoms with E-state index >= 15 is 0 Å². The zero-order valence-corrected chi connectivity index (χ0v) is 14.2. The summed E-state index contributed by atoms with van der Waals surface area (Å²) in [7, 11) is 0. The maximum atomic E-state index is 11.1. The Hall–Kier alpha value is -1.74. The lowest BCUT2D eigenvalue weighted by Crippen LogP contribution is -2.02. The van der Waals surface area contributed by atoms with Gasteiger partial charge in [-0.15, -0.1) is 11.8 Å². The number of thioether (sulfide) groups is 1. The standard InChI is InChI=1S/C20H24O2S/c21-20(22)19-15-9-8-12-17(19)11-5-2-1-3-10-16-23-18-13-6-4-7-14-18/h4,6-9,12-15H,1-3,5,10-11,16H2,(H,21,22). The summed E-state index contributed by atoms with van der Waals surface area (Å²) in [6.07, 6.45) is 6.82. The lowest BCUT2D eigenvalue weighted by molar-refractivity contribution is 0.0695. The van der Waals surface area contributed by atoms with Crippen LogP contribution in [-0.4, -0.2) is 16.8 Å². The van der Waals surface area contributed by atoms with Crippen LogP contribution in [0.3, 0.4) is 0 Å². The van der Waals surface area contributed by atoms with Crippen LogP contribution in [0.2, 0.25) is 0 Å². The van der Waals surface area contributed by atoms with E-state index in [0.717, 1.165) is 18.4 Å². The Bertz CT molecular complexity index is 596. The van der Waals surface area contributed by atoms with Gasteiger partial charge in [0, 0.05) is 4.90 Å². The van der Waals surface area contributed by atoms with Crippen molar-refractivity contribution < 1.29 is 9.90 Å². The molecule has 0 heterocycles. The summed E-state index contributed by atoms with van der Waals surface area (Å²) in [6.45, 7) is 0. The Balaban J connectivity index is 1.55. The largest absolute Gasteiger partial charge is 0.478 e. The van der Waals surface area contributed by atoms with E-state index in [1.807, 2.05) is 30.0 Å². The van der Waals surface area contributed by atoms with Gasteiger partial charge in [-0.05, 0) is 48.8 Å². The predicted molar refractivity (Wildman–Crippen MR) is 97.4 cm³/mol. The highest BCUT2D eigenvalue weighted by Crippen LogP contribution is 2.19. The highest BCUT2D eigenvalue weighted by molar-refractivity contribution is 7.99. The minimum Gasteiger partial charge on any atom is -0.478 e. The van der Waals surface area contributed by atoms with Gasteiger partial charge in [-0.2, -0.15) is 0 Å². The minimum absolute atomic E-state index is 0.451. The molecule has 0 unspecified atom stereocenters. The molecule has 0 spiro atoms. The van der Waals surface area contributed by atoms with E-state index in [9.17, 15) is 4.79 Å². The first-order valence-electron chi connectivity index (χ1n) is 8.26. The molecule has 0 aromatic heterocycles. The van der Waals surface area contributed by atoms with Crippen LogP contribution in [0.5, 0.6) is 0 Å². The van der Waals surface area contributed by atoms with Crippen LogP contribution in [-0.2, 0) is 6.42 Å². The molecule has 0 fully saturated rings. The average molecular weight is 328 g/mol. The zero-order chi connectivity index (χ0) is 16.3. The highest BCUT2D eigenvalue weighted by atomic mass is 32.2. The Morgan fingerprint density at radius 2 is 1.48 bits per heavy atom. The third-order valence-electron chi connectivity index (χ3n) is 3.85. The van der Waals surface area contributed by atoms with Gasteiger partial charge in [0.25, 0.3) is 0 Å². The normalized spacial score (nSPS) is 10.6. The van der Waals surface area contributed by atoms with Crippen LogP contribution in [0.1, 0.15) is 48.0 Å². The summed E-state index contributed by atoms with van der Waals surface area (Å²) in [5.74, 6) is 0.352. The molecular formula is C20H24O2S. The van der Waals surface area contributed by atoms with Crippen LogP contribution in [0.4, 0.5) is 0 Å². The summed E-state index contributed by atoms with van der Waals surface area (Å²) in [4.78, 5) is 12.5. The lowest BCUT2D eigenvalue weighted by atomic mass is 10.0. The number of hydrogen-bond acceptors (Lipinski definition) is 2. The molecule has 122 valence electrons. The molecule has 0 bridgehead atoms. The van der Waals surface area contributed by atoms with E-state index in [4.69, 9.17) is 5.11 Å². The van der Waals surface area contributed by atoms with Crippen molar-refractivity contribution in [2.75, 3.05) is 5.75 Å². The molecule has 0 saturated heterocycles. The molecule has 0 aliphatic carbocycles. The first kappa shape index (κ1) is 17.6. The molecule has 1 N–H and O–H groups in total. The predicted octanol–water partition coefficient (Wildman–Crippen LogP) is 5.67. The van der Waals surface area contributed by atoms with Crippen molar-refractivity contribution in [2.45, 2.75) is 43.4 Å². The number of aromatic carboxylic acids is 1. The molecule has 3 heteroatoms. The summed E-state index contributed by atoms with van der Waals surface area (Å²) in [6, 6.07) is 17.9. The molecule has 0 aliphatic rings. The second-order valence-electron chi connectivity index (χ2n) is 5.64. The number of carbonyl (C=O) groups is 1. The van der Waals surface area contributed by atoms with Gasteiger partial charge in [-0.25, -0.2) is 4.79 Å². The van der Waals surface area contributed by atoms with E-state index in [1.165, 1.54) is 36.3 Å². The van der Waals surface area contributed by atoms with Gasteiger partial charge in [0.1, 0.15) is 0 Å². The van der Waals surface area contributed by atoms with Crippen LogP contribution < -0.4 is 0 Å². The van der Waals surface area contributed by atoms with Gasteiger partial charge in [-0.3, -0.25) is 0 Å². The van der Waals surface area contributed by atoms with Gasteiger partial charge < -0.3 is 5.11 Å². The molecule has 0 amide bonds. The molecule has 2 nitrogen and oxygen atoms in total. The van der Waals surface area contributed by atoms with E-state index in [2.05, 4.69) is 24.3 Å². The van der Waals surface area contributed by atoms with Gasteiger partial charge in [0.05, 0.1) is 5.56 Å². The quantitative estimate of drug-likeness (QED) is 0.451. The summed E-state index contributed by atoms with van der Waals surface area (Å²) >= 11 is 1.92. The smallest absolute Gasteiger partial charge is 0.335 e. The Kier molecular flexibility index (Phi) is 7.74. The molecule has 2 rings (SSSR count). The number of rotatable bonds is 10. The highest BCUT2D eigenvalue weighted by Gasteiger charge is 2.07. The van der Waals surface area contributed by atoms with Crippen LogP contribution in [0.15, 0.2) is 59.5 Å². The van der Waals surface area contributed by atoms with E-state index in [0.29, 0.717) is 5.56 Å². The number of benzene rings is 2. The second-order valence-corrected chi connectivity index (χ2v) is 6.81. The maximum Gasteiger partial charge on any atom is 0.335 e. The van der Waals surface area contributed by atoms with E-state index in [-0.39, 0.29) is 0 Å². The van der Waals surface area contributed by atoms with Crippen LogP contribution in [0, 0.1) is 0 Å². The van der Waals surface area contributed by atoms with Crippen molar-refractivity contribution in [1.29, 1.82) is 0 Å². The molecule has 23 heavy (non-hydrogen) atoms. The van der Waals surface area contributed by atoms with E-state index < -0.39 is 5.97 Å². The topological polar surface area (TPSA) is 37.3 Å². The van der Waals surface area contributed by atoms with E-state index in [1.54, 1.807) is 12.1 Å². The average Bonchev–Trinajstić information content (AvgIpc) is 2.58. The van der Waals surface area contributed by atoms with Crippen molar-refractivity contribution in [3.05, 3.63) is 65.7 Å². The van der Waals surface area contributed by atoms with Crippen LogP contribution in [0.25, 0.3) is 0 Å². The first-order chi connectivity index (χ1) is 11.3. The maximum absolute atomic E-state index is 11.1. The van der Waals surface area contributed by atoms with Crippen LogP contribution >= 0.6 is 11.8 Å². The van der Waals surface area contributed by atoms with Gasteiger partial charge >= 0.3 is 5.97 Å². The third-order valence-corrected chi connectivity index (χ3v) is 4.95. The summed E-state index contributed by atoms with van der Waals surface area (Å²) < 4.78 is 0. The van der Waals surface area contributed by atoms with Gasteiger partial charge in [-0.1, -0.05) is 55.7 Å². The van der Waals surface area contributed by atoms with Crippen molar-refractivity contribution >= 4 is 17.7 Å². The Morgan fingerprint density at radius 1 is 0.826 bits per heavy atom. The zero-order valence-electron chi connectivity index (χ0n) is 13.4. The lowest BCUT2D eigenvalue weighted by Gasteiger charge is -2.06. The fourth-order valence-electron chi connectivity index (χ4n) is 2.60. The number of carboxylic acid groups (broad SMARTS) is 1. The van der Waals surface area contributed by atoms with Crippen molar-refractivity contribution in [1.82, 2.24) is 0 Å². The molecule has 0 atom stereocenters. The van der Waals surface area contributed by atoms with Crippen molar-refractivity contribution in [2.24, 2.45) is 0 Å². The number of unbranched alkanes of at least 4 members (excludes halogenated alkanes) is 4. The monoisotopic (exact) mass is 328 g/mol. The van der Waals surface area contributed by atoms with Crippen molar-refractivity contribution in [3.8, 4) is 0 Å². The first-order valence-corrected chi connectivity index (χ1v) is 9.25. The minimum atomic E-state index is -0.821. The molecule has 0 saturated carbocycles. The Morgan fingerprint density at radius 3 is 2.26 bits per heavy atom. The molecule has 0 aliphatic heterocycles. The van der Waals surface area contributed by atoms with Gasteiger partial charge in [0.2, 0.25) is 0 Å². The number of hydrogen-bond donors (Lipinski definition) is 1. The Labute approximate surface area is 142 Å². The number of aryl methyl sites for hydroxylation is 1. The molecule has 2 aromatic rings. The fourth-order valence-corrected chi connectivity index (χ4v) is 3.54. The SMILES string of the molecule is O=C(O)c1ccccc1CCCCCCCSc1ccccc1. The third kappa shape index (κ3) is 6.49. The fraction of sp³-hybridized carbons (Fsp3) is 0.350. The molecule has 0 radical (unpaired) electrons. The molecule has 2 aromatic carbocycles.